The lowest BCUT2D eigenvalue weighted by Crippen LogP contribution is -2.22. The largest absolute Gasteiger partial charge is 0.481 e. The second-order valence-corrected chi connectivity index (χ2v) is 4.85. The van der Waals surface area contributed by atoms with Crippen molar-refractivity contribution in [3.05, 3.63) is 27.7 Å². The number of nitrogens with one attached hydrogen (secondary N) is 1. The zero-order valence-corrected chi connectivity index (χ0v) is 11.4. The van der Waals surface area contributed by atoms with Crippen molar-refractivity contribution in [2.75, 3.05) is 11.9 Å². The highest BCUT2D eigenvalue weighted by atomic mass is 79.9. The minimum atomic E-state index is -0.998. The van der Waals surface area contributed by atoms with Gasteiger partial charge < -0.3 is 15.5 Å². The lowest BCUT2D eigenvalue weighted by atomic mass is 10.1. The molecule has 0 aliphatic rings. The third-order valence-electron chi connectivity index (χ3n) is 2.39. The van der Waals surface area contributed by atoms with Crippen molar-refractivity contribution in [2.45, 2.75) is 26.4 Å². The molecule has 0 fully saturated rings. The molecule has 0 heterocycles. The van der Waals surface area contributed by atoms with Gasteiger partial charge in [-0.3, -0.25) is 4.79 Å². The standard InChI is InChI=1S/C12H16BrNO3/c1-7-3-9(4-8(2)12(7)13)14-6-10(15)5-11(16)17/h3-4,10,14-15H,5-6H2,1-2H3,(H,16,17). The molecule has 3 N–H and O–H groups in total. The number of anilines is 1. The number of benzene rings is 1. The Balaban J connectivity index is 2.61. The summed E-state index contributed by atoms with van der Waals surface area (Å²) < 4.78 is 1.06. The van der Waals surface area contributed by atoms with E-state index >= 15 is 0 Å². The number of aryl methyl sites for hydroxylation is 2. The van der Waals surface area contributed by atoms with E-state index in [1.807, 2.05) is 26.0 Å². The molecule has 0 spiro atoms. The average molecular weight is 302 g/mol. The van der Waals surface area contributed by atoms with Crippen molar-refractivity contribution < 1.29 is 15.0 Å². The van der Waals surface area contributed by atoms with Crippen molar-refractivity contribution in [2.24, 2.45) is 0 Å². The van der Waals surface area contributed by atoms with Crippen LogP contribution in [0.5, 0.6) is 0 Å². The average Bonchev–Trinajstić information content (AvgIpc) is 2.22. The molecule has 5 heteroatoms. The Morgan fingerprint density at radius 1 is 1.41 bits per heavy atom. The Kier molecular flexibility index (Phi) is 4.96. The van der Waals surface area contributed by atoms with Crippen LogP contribution in [0.1, 0.15) is 17.5 Å². The highest BCUT2D eigenvalue weighted by Gasteiger charge is 2.09. The highest BCUT2D eigenvalue weighted by Crippen LogP contribution is 2.24. The van der Waals surface area contributed by atoms with Crippen LogP contribution < -0.4 is 5.32 Å². The van der Waals surface area contributed by atoms with Crippen LogP contribution in [0.2, 0.25) is 0 Å². The Morgan fingerprint density at radius 2 is 1.94 bits per heavy atom. The highest BCUT2D eigenvalue weighted by molar-refractivity contribution is 9.10. The molecule has 0 aliphatic carbocycles. The number of aliphatic carboxylic acids is 1. The molecule has 0 aromatic heterocycles. The molecule has 4 nitrogen and oxygen atoms in total. The molecule has 0 saturated carbocycles. The summed E-state index contributed by atoms with van der Waals surface area (Å²) in [6.07, 6.45) is -1.13. The van der Waals surface area contributed by atoms with E-state index in [9.17, 15) is 9.90 Å². The lowest BCUT2D eigenvalue weighted by Gasteiger charge is -2.13. The lowest BCUT2D eigenvalue weighted by molar-refractivity contribution is -0.138. The fraction of sp³-hybridized carbons (Fsp3) is 0.417. The van der Waals surface area contributed by atoms with Gasteiger partial charge in [0.1, 0.15) is 0 Å². The number of hydrogen-bond donors (Lipinski definition) is 3. The summed E-state index contributed by atoms with van der Waals surface area (Å²) in [7, 11) is 0. The first-order valence-electron chi connectivity index (χ1n) is 5.30. The molecule has 0 radical (unpaired) electrons. The van der Waals surface area contributed by atoms with Crippen LogP contribution >= 0.6 is 15.9 Å². The molecule has 1 aromatic rings. The summed E-state index contributed by atoms with van der Waals surface area (Å²) in [5.41, 5.74) is 3.08. The molecule has 0 amide bonds. The molecule has 1 rings (SSSR count). The molecule has 1 unspecified atom stereocenters. The number of rotatable bonds is 5. The Morgan fingerprint density at radius 3 is 2.41 bits per heavy atom. The number of carbonyl (C=O) groups is 1. The molecule has 17 heavy (non-hydrogen) atoms. The first kappa shape index (κ1) is 14.0. The Hall–Kier alpha value is -1.07. The van der Waals surface area contributed by atoms with Gasteiger partial charge in [0.15, 0.2) is 0 Å². The van der Waals surface area contributed by atoms with Gasteiger partial charge in [0.25, 0.3) is 0 Å². The number of carboxylic acids is 1. The summed E-state index contributed by atoms with van der Waals surface area (Å²) >= 11 is 3.47. The molecular formula is C12H16BrNO3. The van der Waals surface area contributed by atoms with Crippen LogP contribution in [0, 0.1) is 13.8 Å². The van der Waals surface area contributed by atoms with Gasteiger partial charge in [-0.1, -0.05) is 15.9 Å². The minimum absolute atomic E-state index is 0.229. The summed E-state index contributed by atoms with van der Waals surface area (Å²) in [6.45, 7) is 4.19. The van der Waals surface area contributed by atoms with E-state index in [4.69, 9.17) is 5.11 Å². The van der Waals surface area contributed by atoms with Crippen molar-refractivity contribution >= 4 is 27.6 Å². The van der Waals surface area contributed by atoms with E-state index in [1.54, 1.807) is 0 Å². The third-order valence-corrected chi connectivity index (χ3v) is 3.64. The van der Waals surface area contributed by atoms with Crippen LogP contribution in [0.4, 0.5) is 5.69 Å². The van der Waals surface area contributed by atoms with E-state index in [0.717, 1.165) is 21.3 Å². The van der Waals surface area contributed by atoms with Crippen molar-refractivity contribution in [1.29, 1.82) is 0 Å². The van der Waals surface area contributed by atoms with E-state index in [0.29, 0.717) is 0 Å². The van der Waals surface area contributed by atoms with Crippen LogP contribution in [-0.4, -0.2) is 28.8 Å². The van der Waals surface area contributed by atoms with E-state index in [2.05, 4.69) is 21.2 Å². The molecule has 0 bridgehead atoms. The summed E-state index contributed by atoms with van der Waals surface area (Å²) in [5.74, 6) is -0.998. The smallest absolute Gasteiger partial charge is 0.306 e. The summed E-state index contributed by atoms with van der Waals surface area (Å²) in [4.78, 5) is 10.4. The summed E-state index contributed by atoms with van der Waals surface area (Å²) in [6, 6.07) is 3.90. The van der Waals surface area contributed by atoms with Gasteiger partial charge in [-0.15, -0.1) is 0 Å². The fourth-order valence-electron chi connectivity index (χ4n) is 1.56. The quantitative estimate of drug-likeness (QED) is 0.780. The van der Waals surface area contributed by atoms with Crippen molar-refractivity contribution in [1.82, 2.24) is 0 Å². The van der Waals surface area contributed by atoms with Crippen LogP contribution in [0.3, 0.4) is 0 Å². The van der Waals surface area contributed by atoms with Gasteiger partial charge in [-0.2, -0.15) is 0 Å². The monoisotopic (exact) mass is 301 g/mol. The van der Waals surface area contributed by atoms with Crippen LogP contribution in [0.15, 0.2) is 16.6 Å². The zero-order valence-electron chi connectivity index (χ0n) is 9.83. The van der Waals surface area contributed by atoms with Crippen LogP contribution in [-0.2, 0) is 4.79 Å². The number of aliphatic hydroxyl groups excluding tert-OH is 1. The maximum atomic E-state index is 10.4. The van der Waals surface area contributed by atoms with E-state index in [-0.39, 0.29) is 13.0 Å². The maximum Gasteiger partial charge on any atom is 0.306 e. The Labute approximate surface area is 109 Å². The number of aliphatic hydroxyl groups is 1. The minimum Gasteiger partial charge on any atom is -0.481 e. The molecule has 1 aromatic carbocycles. The molecule has 1 atom stereocenters. The predicted octanol–water partition coefficient (Wildman–Crippen LogP) is 2.31. The van der Waals surface area contributed by atoms with Gasteiger partial charge in [-0.05, 0) is 37.1 Å². The van der Waals surface area contributed by atoms with Gasteiger partial charge in [0, 0.05) is 16.7 Å². The second kappa shape index (κ2) is 6.02. The molecule has 0 aliphatic heterocycles. The zero-order chi connectivity index (χ0) is 13.0. The topological polar surface area (TPSA) is 69.6 Å². The summed E-state index contributed by atoms with van der Waals surface area (Å²) in [5, 5.41) is 21.0. The Bertz CT molecular complexity index is 397. The van der Waals surface area contributed by atoms with Crippen molar-refractivity contribution in [3.63, 3.8) is 0 Å². The van der Waals surface area contributed by atoms with Gasteiger partial charge >= 0.3 is 5.97 Å². The normalized spacial score (nSPS) is 12.2. The van der Waals surface area contributed by atoms with E-state index in [1.165, 1.54) is 0 Å². The molecule has 94 valence electrons. The molecular weight excluding hydrogens is 286 g/mol. The fourth-order valence-corrected chi connectivity index (χ4v) is 1.79. The SMILES string of the molecule is Cc1cc(NCC(O)CC(=O)O)cc(C)c1Br. The third kappa shape index (κ3) is 4.36. The van der Waals surface area contributed by atoms with Gasteiger partial charge in [0.2, 0.25) is 0 Å². The molecule has 0 saturated heterocycles. The predicted molar refractivity (Wildman–Crippen MR) is 70.4 cm³/mol. The first-order valence-corrected chi connectivity index (χ1v) is 6.10. The first-order chi connectivity index (χ1) is 7.90. The van der Waals surface area contributed by atoms with Gasteiger partial charge in [-0.25, -0.2) is 0 Å². The van der Waals surface area contributed by atoms with Gasteiger partial charge in [0.05, 0.1) is 12.5 Å². The number of carboxylic acid groups (broad SMARTS) is 1. The van der Waals surface area contributed by atoms with Crippen LogP contribution in [0.25, 0.3) is 0 Å². The second-order valence-electron chi connectivity index (χ2n) is 4.06. The number of hydrogen-bond acceptors (Lipinski definition) is 3. The maximum absolute atomic E-state index is 10.4. The number of halogens is 1. The van der Waals surface area contributed by atoms with E-state index < -0.39 is 12.1 Å². The van der Waals surface area contributed by atoms with Crippen molar-refractivity contribution in [3.8, 4) is 0 Å².